The highest BCUT2D eigenvalue weighted by Crippen LogP contribution is 2.24. The van der Waals surface area contributed by atoms with E-state index in [-0.39, 0.29) is 18.4 Å². The van der Waals surface area contributed by atoms with Gasteiger partial charge in [-0.1, -0.05) is 17.7 Å². The zero-order chi connectivity index (χ0) is 18.6. The van der Waals surface area contributed by atoms with Crippen LogP contribution in [0.5, 0.6) is 0 Å². The standard InChI is InChI=1S/C19H29N3O3S/c1-15-4-6-18(7-5-15)26(24,25)22-12-2-3-17(14-22)19(23)21-11-9-16-8-10-20-13-16/h4-7,16-17,20H,2-3,8-14H2,1H3,(H,21,23). The van der Waals surface area contributed by atoms with Crippen molar-refractivity contribution in [2.24, 2.45) is 11.8 Å². The molecule has 0 spiro atoms. The van der Waals surface area contributed by atoms with Gasteiger partial charge in [-0.15, -0.1) is 0 Å². The van der Waals surface area contributed by atoms with Crippen molar-refractivity contribution < 1.29 is 13.2 Å². The first-order valence-electron chi connectivity index (χ1n) is 9.52. The maximum absolute atomic E-state index is 12.8. The molecule has 144 valence electrons. The molecule has 2 N–H and O–H groups in total. The minimum Gasteiger partial charge on any atom is -0.356 e. The van der Waals surface area contributed by atoms with Crippen molar-refractivity contribution in [2.75, 3.05) is 32.7 Å². The minimum absolute atomic E-state index is 0.0141. The van der Waals surface area contributed by atoms with E-state index in [1.54, 1.807) is 24.3 Å². The second-order valence-electron chi connectivity index (χ2n) is 7.45. The van der Waals surface area contributed by atoms with E-state index in [4.69, 9.17) is 0 Å². The summed E-state index contributed by atoms with van der Waals surface area (Å²) < 4.78 is 27.1. The van der Waals surface area contributed by atoms with Gasteiger partial charge in [-0.2, -0.15) is 4.31 Å². The van der Waals surface area contributed by atoms with E-state index in [9.17, 15) is 13.2 Å². The molecular weight excluding hydrogens is 350 g/mol. The Morgan fingerprint density at radius 1 is 1.27 bits per heavy atom. The lowest BCUT2D eigenvalue weighted by Crippen LogP contribution is -2.45. The summed E-state index contributed by atoms with van der Waals surface area (Å²) in [5.41, 5.74) is 1.03. The van der Waals surface area contributed by atoms with Crippen LogP contribution in [0.4, 0.5) is 0 Å². The molecule has 2 fully saturated rings. The number of nitrogens with one attached hydrogen (secondary N) is 2. The molecule has 26 heavy (non-hydrogen) atoms. The highest BCUT2D eigenvalue weighted by atomic mass is 32.2. The molecule has 3 rings (SSSR count). The lowest BCUT2D eigenvalue weighted by Gasteiger charge is -2.31. The number of rotatable bonds is 6. The molecule has 7 heteroatoms. The first-order chi connectivity index (χ1) is 12.5. The summed E-state index contributed by atoms with van der Waals surface area (Å²) in [6.07, 6.45) is 3.62. The normalized spacial score (nSPS) is 24.5. The Kier molecular flexibility index (Phi) is 6.32. The van der Waals surface area contributed by atoms with Crippen LogP contribution in [0, 0.1) is 18.8 Å². The van der Waals surface area contributed by atoms with Gasteiger partial charge in [-0.25, -0.2) is 8.42 Å². The monoisotopic (exact) mass is 379 g/mol. The molecule has 1 aromatic rings. The average molecular weight is 380 g/mol. The van der Waals surface area contributed by atoms with E-state index >= 15 is 0 Å². The van der Waals surface area contributed by atoms with Gasteiger partial charge in [0.15, 0.2) is 0 Å². The van der Waals surface area contributed by atoms with Crippen molar-refractivity contribution >= 4 is 15.9 Å². The fourth-order valence-electron chi connectivity index (χ4n) is 3.74. The van der Waals surface area contributed by atoms with Crippen molar-refractivity contribution in [3.05, 3.63) is 29.8 Å². The highest BCUT2D eigenvalue weighted by Gasteiger charge is 2.33. The van der Waals surface area contributed by atoms with E-state index in [1.165, 1.54) is 10.7 Å². The first kappa shape index (κ1) is 19.3. The minimum atomic E-state index is -3.53. The highest BCUT2D eigenvalue weighted by molar-refractivity contribution is 7.89. The first-order valence-corrected chi connectivity index (χ1v) is 11.0. The Morgan fingerprint density at radius 3 is 2.73 bits per heavy atom. The lowest BCUT2D eigenvalue weighted by atomic mass is 9.98. The number of carbonyl (C=O) groups is 1. The number of nitrogens with zero attached hydrogens (tertiary/aromatic N) is 1. The van der Waals surface area contributed by atoms with Gasteiger partial charge in [0.2, 0.25) is 15.9 Å². The maximum Gasteiger partial charge on any atom is 0.243 e. The molecule has 0 radical (unpaired) electrons. The molecule has 0 saturated carbocycles. The van der Waals surface area contributed by atoms with Crippen LogP contribution in [0.1, 0.15) is 31.2 Å². The maximum atomic E-state index is 12.8. The van der Waals surface area contributed by atoms with Crippen LogP contribution in [-0.4, -0.2) is 51.4 Å². The lowest BCUT2D eigenvalue weighted by molar-refractivity contribution is -0.126. The van der Waals surface area contributed by atoms with Crippen LogP contribution in [0.3, 0.4) is 0 Å². The van der Waals surface area contributed by atoms with Gasteiger partial charge in [0.25, 0.3) is 0 Å². The van der Waals surface area contributed by atoms with Crippen molar-refractivity contribution in [1.29, 1.82) is 0 Å². The van der Waals surface area contributed by atoms with Gasteiger partial charge in [-0.05, 0) is 63.7 Å². The van der Waals surface area contributed by atoms with Crippen LogP contribution < -0.4 is 10.6 Å². The summed E-state index contributed by atoms with van der Waals surface area (Å²) in [5, 5.41) is 6.34. The Morgan fingerprint density at radius 2 is 2.04 bits per heavy atom. The van der Waals surface area contributed by atoms with E-state index in [1.807, 2.05) is 6.92 Å². The van der Waals surface area contributed by atoms with Crippen molar-refractivity contribution in [1.82, 2.24) is 14.9 Å². The topological polar surface area (TPSA) is 78.5 Å². The molecular formula is C19H29N3O3S. The van der Waals surface area contributed by atoms with E-state index in [2.05, 4.69) is 10.6 Å². The summed E-state index contributed by atoms with van der Waals surface area (Å²) in [7, 11) is -3.53. The Bertz CT molecular complexity index is 712. The zero-order valence-electron chi connectivity index (χ0n) is 15.4. The second kappa shape index (κ2) is 8.50. The molecule has 6 nitrogen and oxygen atoms in total. The third-order valence-electron chi connectivity index (χ3n) is 5.43. The number of aryl methyl sites for hydroxylation is 1. The number of sulfonamides is 1. The summed E-state index contributed by atoms with van der Waals surface area (Å²) in [6, 6.07) is 6.89. The predicted octanol–water partition coefficient (Wildman–Crippen LogP) is 1.51. The molecule has 2 unspecified atom stereocenters. The number of carbonyl (C=O) groups excluding carboxylic acids is 1. The molecule has 2 saturated heterocycles. The fourth-order valence-corrected chi connectivity index (χ4v) is 5.26. The third-order valence-corrected chi connectivity index (χ3v) is 7.31. The molecule has 0 aliphatic carbocycles. The number of piperidine rings is 1. The number of hydrogen-bond donors (Lipinski definition) is 2. The molecule has 2 heterocycles. The summed E-state index contributed by atoms with van der Waals surface area (Å²) >= 11 is 0. The second-order valence-corrected chi connectivity index (χ2v) is 9.39. The molecule has 1 amide bonds. The molecule has 2 aliphatic rings. The zero-order valence-corrected chi connectivity index (χ0v) is 16.2. The fraction of sp³-hybridized carbons (Fsp3) is 0.632. The number of hydrogen-bond acceptors (Lipinski definition) is 4. The van der Waals surface area contributed by atoms with E-state index in [0.717, 1.165) is 37.9 Å². The van der Waals surface area contributed by atoms with E-state index < -0.39 is 10.0 Å². The molecule has 0 bridgehead atoms. The SMILES string of the molecule is Cc1ccc(S(=O)(=O)N2CCCC(C(=O)NCCC3CCNC3)C2)cc1. The molecule has 2 aliphatic heterocycles. The van der Waals surface area contributed by atoms with Crippen LogP contribution in [-0.2, 0) is 14.8 Å². The third kappa shape index (κ3) is 4.64. The summed E-state index contributed by atoms with van der Waals surface area (Å²) in [4.78, 5) is 12.8. The summed E-state index contributed by atoms with van der Waals surface area (Å²) in [6.45, 7) is 5.45. The predicted molar refractivity (Wildman–Crippen MR) is 101 cm³/mol. The van der Waals surface area contributed by atoms with E-state index in [0.29, 0.717) is 23.9 Å². The van der Waals surface area contributed by atoms with Gasteiger partial charge in [0.1, 0.15) is 0 Å². The van der Waals surface area contributed by atoms with Crippen molar-refractivity contribution in [3.63, 3.8) is 0 Å². The van der Waals surface area contributed by atoms with Crippen LogP contribution in [0.2, 0.25) is 0 Å². The Balaban J connectivity index is 1.55. The van der Waals surface area contributed by atoms with Crippen LogP contribution in [0.15, 0.2) is 29.2 Å². The van der Waals surface area contributed by atoms with Crippen molar-refractivity contribution in [3.8, 4) is 0 Å². The van der Waals surface area contributed by atoms with Crippen molar-refractivity contribution in [2.45, 2.75) is 37.5 Å². The molecule has 1 aromatic carbocycles. The van der Waals surface area contributed by atoms with Gasteiger partial charge < -0.3 is 10.6 Å². The largest absolute Gasteiger partial charge is 0.356 e. The smallest absolute Gasteiger partial charge is 0.243 e. The average Bonchev–Trinajstić information content (AvgIpc) is 3.15. The summed E-state index contributed by atoms with van der Waals surface area (Å²) in [5.74, 6) is 0.366. The van der Waals surface area contributed by atoms with Gasteiger partial charge in [-0.3, -0.25) is 4.79 Å². The Hall–Kier alpha value is -1.44. The number of benzene rings is 1. The van der Waals surface area contributed by atoms with Gasteiger partial charge >= 0.3 is 0 Å². The van der Waals surface area contributed by atoms with Crippen LogP contribution >= 0.6 is 0 Å². The Labute approximate surface area is 156 Å². The molecule has 2 atom stereocenters. The van der Waals surface area contributed by atoms with Crippen LogP contribution in [0.25, 0.3) is 0 Å². The quantitative estimate of drug-likeness (QED) is 0.785. The van der Waals surface area contributed by atoms with Gasteiger partial charge in [0, 0.05) is 19.6 Å². The molecule has 0 aromatic heterocycles. The van der Waals surface area contributed by atoms with Gasteiger partial charge in [0.05, 0.1) is 10.8 Å². The number of amides is 1.